The average Bonchev–Trinajstić information content (AvgIpc) is 2.59. The zero-order valence-corrected chi connectivity index (χ0v) is 13.6. The van der Waals surface area contributed by atoms with E-state index in [0.29, 0.717) is 31.3 Å². The number of hydrogen-bond donors (Lipinski definition) is 1. The molecule has 124 valence electrons. The fourth-order valence-corrected chi connectivity index (χ4v) is 2.12. The van der Waals surface area contributed by atoms with Gasteiger partial charge in [-0.15, -0.1) is 0 Å². The van der Waals surface area contributed by atoms with Gasteiger partial charge in [-0.05, 0) is 24.6 Å². The van der Waals surface area contributed by atoms with Crippen LogP contribution in [0.2, 0.25) is 5.02 Å². The van der Waals surface area contributed by atoms with Crippen LogP contribution in [0.4, 0.5) is 0 Å². The number of likely N-dealkylation sites (N-methyl/N-ethyl adjacent to an activating group) is 1. The molecule has 6 nitrogen and oxygen atoms in total. The molecule has 0 atom stereocenters. The molecule has 1 N–H and O–H groups in total. The van der Waals surface area contributed by atoms with Gasteiger partial charge in [0, 0.05) is 18.1 Å². The molecule has 1 aliphatic heterocycles. The summed E-state index contributed by atoms with van der Waals surface area (Å²) >= 11 is 5.81. The summed E-state index contributed by atoms with van der Waals surface area (Å²) < 4.78 is 10.3. The van der Waals surface area contributed by atoms with E-state index in [1.165, 1.54) is 11.2 Å². The monoisotopic (exact) mass is 338 g/mol. The summed E-state index contributed by atoms with van der Waals surface area (Å²) in [5, 5.41) is 3.42. The maximum atomic E-state index is 12.2. The van der Waals surface area contributed by atoms with Crippen molar-refractivity contribution in [1.82, 2.24) is 10.2 Å². The van der Waals surface area contributed by atoms with Crippen LogP contribution in [-0.4, -0.2) is 43.0 Å². The Labute approximate surface area is 140 Å². The molecule has 2 amide bonds. The minimum atomic E-state index is -0.353. The fraction of sp³-hybridized carbons (Fsp3) is 0.375. The lowest BCUT2D eigenvalue weighted by molar-refractivity contribution is -0.136. The molecular weight excluding hydrogens is 320 g/mol. The van der Waals surface area contributed by atoms with Gasteiger partial charge in [-0.2, -0.15) is 0 Å². The zero-order valence-electron chi connectivity index (χ0n) is 12.9. The van der Waals surface area contributed by atoms with Gasteiger partial charge in [0.05, 0.1) is 6.54 Å². The summed E-state index contributed by atoms with van der Waals surface area (Å²) in [5.74, 6) is -0.468. The SMILES string of the molecule is CCN(CC(=O)NCc1ccc(Cl)cc1)C(=O)C1=COCCO1. The molecule has 7 heteroatoms. The number of amides is 2. The van der Waals surface area contributed by atoms with E-state index in [9.17, 15) is 9.59 Å². The van der Waals surface area contributed by atoms with Crippen LogP contribution in [0.15, 0.2) is 36.3 Å². The molecule has 1 heterocycles. The Morgan fingerprint density at radius 2 is 2.00 bits per heavy atom. The van der Waals surface area contributed by atoms with Crippen molar-refractivity contribution < 1.29 is 19.1 Å². The van der Waals surface area contributed by atoms with Gasteiger partial charge < -0.3 is 19.7 Å². The molecule has 1 aliphatic rings. The standard InChI is InChI=1S/C16H19ClN2O4/c1-2-19(16(21)14-11-22-7-8-23-14)10-15(20)18-9-12-3-5-13(17)6-4-12/h3-6,11H,2,7-10H2,1H3,(H,18,20). The molecule has 1 aromatic rings. The molecule has 0 unspecified atom stereocenters. The molecule has 0 radical (unpaired) electrons. The van der Waals surface area contributed by atoms with Gasteiger partial charge in [0.25, 0.3) is 5.91 Å². The van der Waals surface area contributed by atoms with Gasteiger partial charge in [-0.1, -0.05) is 23.7 Å². The second kappa shape index (κ2) is 8.43. The van der Waals surface area contributed by atoms with Crippen LogP contribution in [0.1, 0.15) is 12.5 Å². The normalized spacial score (nSPS) is 13.4. The van der Waals surface area contributed by atoms with E-state index >= 15 is 0 Å². The Morgan fingerprint density at radius 3 is 2.61 bits per heavy atom. The van der Waals surface area contributed by atoms with Crippen molar-refractivity contribution in [3.63, 3.8) is 0 Å². The van der Waals surface area contributed by atoms with E-state index in [1.807, 2.05) is 12.1 Å². The molecule has 0 spiro atoms. The van der Waals surface area contributed by atoms with E-state index in [0.717, 1.165) is 5.56 Å². The van der Waals surface area contributed by atoms with Crippen LogP contribution in [0.25, 0.3) is 0 Å². The minimum Gasteiger partial charge on any atom is -0.494 e. The molecule has 1 aromatic carbocycles. The van der Waals surface area contributed by atoms with Gasteiger partial charge in [0.2, 0.25) is 11.7 Å². The highest BCUT2D eigenvalue weighted by molar-refractivity contribution is 6.30. The van der Waals surface area contributed by atoms with Crippen molar-refractivity contribution in [3.05, 3.63) is 46.9 Å². The number of rotatable bonds is 6. The number of ether oxygens (including phenoxy) is 2. The van der Waals surface area contributed by atoms with Crippen LogP contribution in [-0.2, 0) is 25.6 Å². The number of carbonyl (C=O) groups is 2. The fourth-order valence-electron chi connectivity index (χ4n) is 2.00. The molecule has 0 saturated carbocycles. The first-order valence-corrected chi connectivity index (χ1v) is 7.73. The average molecular weight is 339 g/mol. The molecule has 23 heavy (non-hydrogen) atoms. The van der Waals surface area contributed by atoms with Crippen LogP contribution in [0.5, 0.6) is 0 Å². The van der Waals surface area contributed by atoms with Crippen molar-refractivity contribution >= 4 is 23.4 Å². The molecule has 0 aromatic heterocycles. The Balaban J connectivity index is 1.85. The van der Waals surface area contributed by atoms with E-state index in [1.54, 1.807) is 19.1 Å². The summed E-state index contributed by atoms with van der Waals surface area (Å²) in [6.07, 6.45) is 1.29. The summed E-state index contributed by atoms with van der Waals surface area (Å²) in [5.41, 5.74) is 0.934. The number of nitrogens with one attached hydrogen (secondary N) is 1. The van der Waals surface area contributed by atoms with Crippen LogP contribution in [0, 0.1) is 0 Å². The largest absolute Gasteiger partial charge is 0.494 e. The topological polar surface area (TPSA) is 67.9 Å². The van der Waals surface area contributed by atoms with Gasteiger partial charge in [-0.3, -0.25) is 9.59 Å². The first-order chi connectivity index (χ1) is 11.1. The lowest BCUT2D eigenvalue weighted by Gasteiger charge is -2.23. The number of halogens is 1. The van der Waals surface area contributed by atoms with Crippen LogP contribution in [0.3, 0.4) is 0 Å². The molecule has 0 fully saturated rings. The van der Waals surface area contributed by atoms with Crippen molar-refractivity contribution in [2.75, 3.05) is 26.3 Å². The van der Waals surface area contributed by atoms with E-state index in [-0.39, 0.29) is 24.1 Å². The Hall–Kier alpha value is -2.21. The molecule has 2 rings (SSSR count). The highest BCUT2D eigenvalue weighted by Crippen LogP contribution is 2.10. The third-order valence-corrected chi connectivity index (χ3v) is 3.52. The predicted molar refractivity (Wildman–Crippen MR) is 85.5 cm³/mol. The van der Waals surface area contributed by atoms with Gasteiger partial charge in [-0.25, -0.2) is 0 Å². The molecule has 0 saturated heterocycles. The number of carbonyl (C=O) groups excluding carboxylic acids is 2. The number of nitrogens with zero attached hydrogens (tertiary/aromatic N) is 1. The Bertz CT molecular complexity index is 586. The van der Waals surface area contributed by atoms with Crippen LogP contribution < -0.4 is 5.32 Å². The zero-order chi connectivity index (χ0) is 16.7. The third kappa shape index (κ3) is 5.17. The van der Waals surface area contributed by atoms with Gasteiger partial charge in [0.15, 0.2) is 0 Å². The smallest absolute Gasteiger partial charge is 0.292 e. The molecule has 0 aliphatic carbocycles. The summed E-state index contributed by atoms with van der Waals surface area (Å²) in [6, 6.07) is 7.20. The minimum absolute atomic E-state index is 0.0381. The highest BCUT2D eigenvalue weighted by atomic mass is 35.5. The lowest BCUT2D eigenvalue weighted by atomic mass is 10.2. The Kier molecular flexibility index (Phi) is 6.29. The van der Waals surface area contributed by atoms with Crippen molar-refractivity contribution in [1.29, 1.82) is 0 Å². The third-order valence-electron chi connectivity index (χ3n) is 3.27. The quantitative estimate of drug-likeness (QED) is 0.857. The van der Waals surface area contributed by atoms with E-state index in [4.69, 9.17) is 21.1 Å². The van der Waals surface area contributed by atoms with E-state index in [2.05, 4.69) is 5.32 Å². The molecular formula is C16H19ClN2O4. The summed E-state index contributed by atoms with van der Waals surface area (Å²) in [4.78, 5) is 25.7. The maximum Gasteiger partial charge on any atom is 0.292 e. The summed E-state index contributed by atoms with van der Waals surface area (Å²) in [6.45, 7) is 3.29. The van der Waals surface area contributed by atoms with Crippen molar-refractivity contribution in [2.24, 2.45) is 0 Å². The predicted octanol–water partition coefficient (Wildman–Crippen LogP) is 1.69. The summed E-state index contributed by atoms with van der Waals surface area (Å²) in [7, 11) is 0. The van der Waals surface area contributed by atoms with E-state index < -0.39 is 0 Å². The second-order valence-corrected chi connectivity index (χ2v) is 5.36. The van der Waals surface area contributed by atoms with Gasteiger partial charge in [0.1, 0.15) is 19.5 Å². The second-order valence-electron chi connectivity index (χ2n) is 4.92. The lowest BCUT2D eigenvalue weighted by Crippen LogP contribution is -2.41. The van der Waals surface area contributed by atoms with Crippen molar-refractivity contribution in [2.45, 2.75) is 13.5 Å². The van der Waals surface area contributed by atoms with Crippen LogP contribution >= 0.6 is 11.6 Å². The number of benzene rings is 1. The molecule has 0 bridgehead atoms. The first-order valence-electron chi connectivity index (χ1n) is 7.35. The first kappa shape index (κ1) is 17.1. The van der Waals surface area contributed by atoms with Crippen molar-refractivity contribution in [3.8, 4) is 0 Å². The Morgan fingerprint density at radius 1 is 1.26 bits per heavy atom. The highest BCUT2D eigenvalue weighted by Gasteiger charge is 2.22. The van der Waals surface area contributed by atoms with Gasteiger partial charge >= 0.3 is 0 Å². The maximum absolute atomic E-state index is 12.2. The number of hydrogen-bond acceptors (Lipinski definition) is 4.